The van der Waals surface area contributed by atoms with E-state index in [9.17, 15) is 5.11 Å². The first-order valence-electron chi connectivity index (χ1n) is 12.1. The van der Waals surface area contributed by atoms with Gasteiger partial charge in [0.1, 0.15) is 6.17 Å². The number of aliphatic hydroxyl groups is 1. The number of halogens is 1. The van der Waals surface area contributed by atoms with E-state index in [0.29, 0.717) is 24.7 Å². The highest BCUT2D eigenvalue weighted by Gasteiger charge is 2.55. The molecular formula is C27H43FO. The lowest BCUT2D eigenvalue weighted by Gasteiger charge is -2.44. The van der Waals surface area contributed by atoms with E-state index in [1.54, 1.807) is 0 Å². The summed E-state index contributed by atoms with van der Waals surface area (Å²) in [7, 11) is 0. The van der Waals surface area contributed by atoms with Crippen molar-refractivity contribution in [2.45, 2.75) is 104 Å². The lowest BCUT2D eigenvalue weighted by atomic mass is 9.60. The van der Waals surface area contributed by atoms with Gasteiger partial charge in [0.05, 0.1) is 6.10 Å². The number of fused-ring (bicyclic) bond motifs is 1. The van der Waals surface area contributed by atoms with Crippen LogP contribution in [0.4, 0.5) is 4.39 Å². The van der Waals surface area contributed by atoms with Gasteiger partial charge in [0.2, 0.25) is 0 Å². The Kier molecular flexibility index (Phi) is 7.46. The molecule has 0 amide bonds. The third-order valence-corrected chi connectivity index (χ3v) is 8.28. The molecule has 0 radical (unpaired) electrons. The summed E-state index contributed by atoms with van der Waals surface area (Å²) in [6.45, 7) is 13.4. The van der Waals surface area contributed by atoms with Crippen LogP contribution in [0.1, 0.15) is 91.9 Å². The molecule has 29 heavy (non-hydrogen) atoms. The van der Waals surface area contributed by atoms with Crippen molar-refractivity contribution in [2.75, 3.05) is 0 Å². The largest absolute Gasteiger partial charge is 0.393 e. The Morgan fingerprint density at radius 1 is 1.21 bits per heavy atom. The summed E-state index contributed by atoms with van der Waals surface area (Å²) in [5.41, 5.74) is 3.90. The molecule has 0 aromatic heterocycles. The second-order valence-corrected chi connectivity index (χ2v) is 10.9. The SMILES string of the molecule is C=C1CC[C@H](O)C/C1=C\C=C1/CCC[C@@]2(C)[C@@H]([C@H](C)CCCC(C)C)C(F)C[C@@H]12. The van der Waals surface area contributed by atoms with Gasteiger partial charge in [-0.3, -0.25) is 0 Å². The molecule has 0 heterocycles. The molecule has 2 heteroatoms. The van der Waals surface area contributed by atoms with E-state index in [1.165, 1.54) is 30.4 Å². The smallest absolute Gasteiger partial charge is 0.104 e. The van der Waals surface area contributed by atoms with Gasteiger partial charge in [-0.25, -0.2) is 4.39 Å². The Balaban J connectivity index is 1.75. The van der Waals surface area contributed by atoms with E-state index in [2.05, 4.69) is 46.4 Å². The maximum atomic E-state index is 15.4. The van der Waals surface area contributed by atoms with E-state index < -0.39 is 6.17 Å². The summed E-state index contributed by atoms with van der Waals surface area (Å²) >= 11 is 0. The van der Waals surface area contributed by atoms with Gasteiger partial charge in [0.15, 0.2) is 0 Å². The number of hydrogen-bond acceptors (Lipinski definition) is 1. The van der Waals surface area contributed by atoms with Gasteiger partial charge in [-0.15, -0.1) is 0 Å². The highest BCUT2D eigenvalue weighted by molar-refractivity contribution is 5.36. The normalized spacial score (nSPS) is 39.3. The van der Waals surface area contributed by atoms with E-state index in [0.717, 1.165) is 43.6 Å². The van der Waals surface area contributed by atoms with Crippen molar-refractivity contribution in [3.8, 4) is 0 Å². The predicted octanol–water partition coefficient (Wildman–Crippen LogP) is 7.57. The molecule has 3 aliphatic carbocycles. The summed E-state index contributed by atoms with van der Waals surface area (Å²) < 4.78 is 15.4. The van der Waals surface area contributed by atoms with E-state index in [4.69, 9.17) is 0 Å². The molecule has 3 rings (SSSR count). The van der Waals surface area contributed by atoms with Crippen LogP contribution >= 0.6 is 0 Å². The molecule has 164 valence electrons. The molecular weight excluding hydrogens is 359 g/mol. The van der Waals surface area contributed by atoms with Crippen LogP contribution in [-0.2, 0) is 0 Å². The molecule has 3 aliphatic rings. The first kappa shape index (κ1) is 22.8. The molecule has 1 unspecified atom stereocenters. The molecule has 0 aliphatic heterocycles. The van der Waals surface area contributed by atoms with Crippen LogP contribution in [0.25, 0.3) is 0 Å². The van der Waals surface area contributed by atoms with Crippen LogP contribution in [-0.4, -0.2) is 17.4 Å². The fourth-order valence-electron chi connectivity index (χ4n) is 6.68. The molecule has 0 spiro atoms. The molecule has 1 N–H and O–H groups in total. The number of allylic oxidation sites excluding steroid dienone is 4. The van der Waals surface area contributed by atoms with Crippen molar-refractivity contribution in [1.82, 2.24) is 0 Å². The van der Waals surface area contributed by atoms with E-state index >= 15 is 4.39 Å². The average Bonchev–Trinajstić information content (AvgIpc) is 2.92. The van der Waals surface area contributed by atoms with Gasteiger partial charge in [-0.1, -0.05) is 76.8 Å². The van der Waals surface area contributed by atoms with Crippen LogP contribution in [0.15, 0.2) is 35.5 Å². The summed E-state index contributed by atoms with van der Waals surface area (Å²) in [6.07, 6.45) is 13.8. The predicted molar refractivity (Wildman–Crippen MR) is 121 cm³/mol. The number of aliphatic hydroxyl groups excluding tert-OH is 1. The van der Waals surface area contributed by atoms with E-state index in [1.807, 2.05) is 0 Å². The van der Waals surface area contributed by atoms with Gasteiger partial charge in [-0.2, -0.15) is 0 Å². The molecule has 6 atom stereocenters. The second-order valence-electron chi connectivity index (χ2n) is 10.9. The average molecular weight is 403 g/mol. The van der Waals surface area contributed by atoms with Crippen molar-refractivity contribution < 1.29 is 9.50 Å². The van der Waals surface area contributed by atoms with Crippen LogP contribution in [0.2, 0.25) is 0 Å². The molecule has 3 fully saturated rings. The van der Waals surface area contributed by atoms with Crippen molar-refractivity contribution >= 4 is 0 Å². The topological polar surface area (TPSA) is 20.2 Å². The lowest BCUT2D eigenvalue weighted by molar-refractivity contribution is 0.0618. The quantitative estimate of drug-likeness (QED) is 0.486. The Morgan fingerprint density at radius 2 is 1.97 bits per heavy atom. The van der Waals surface area contributed by atoms with Crippen LogP contribution in [0, 0.1) is 29.1 Å². The van der Waals surface area contributed by atoms with Crippen molar-refractivity contribution in [3.05, 3.63) is 35.5 Å². The van der Waals surface area contributed by atoms with Gasteiger partial charge < -0.3 is 5.11 Å². The maximum Gasteiger partial charge on any atom is 0.104 e. The standard InChI is InChI=1S/C27H43FO/c1-18(2)8-6-9-20(4)26-25(28)17-24-21(10-7-15-27(24,26)5)12-13-22-16-23(29)14-11-19(22)3/h12-13,18,20,23-26,29H,3,6-11,14-17H2,1-2,4-5H3/b21-12+,22-13+/t20-,23+,24+,25?,26+,27-/m1/s1. The minimum Gasteiger partial charge on any atom is -0.393 e. The fraction of sp³-hybridized carbons (Fsp3) is 0.778. The Morgan fingerprint density at radius 3 is 2.69 bits per heavy atom. The molecule has 0 saturated heterocycles. The third-order valence-electron chi connectivity index (χ3n) is 8.28. The highest BCUT2D eigenvalue weighted by atomic mass is 19.1. The number of alkyl halides is 1. The van der Waals surface area contributed by atoms with Gasteiger partial charge in [0, 0.05) is 0 Å². The summed E-state index contributed by atoms with van der Waals surface area (Å²) in [4.78, 5) is 0. The van der Waals surface area contributed by atoms with Gasteiger partial charge in [-0.05, 0) is 79.6 Å². The monoisotopic (exact) mass is 402 g/mol. The van der Waals surface area contributed by atoms with Crippen molar-refractivity contribution in [1.29, 1.82) is 0 Å². The zero-order chi connectivity index (χ0) is 21.2. The highest BCUT2D eigenvalue weighted by Crippen LogP contribution is 2.60. The van der Waals surface area contributed by atoms with Crippen LogP contribution in [0.3, 0.4) is 0 Å². The second kappa shape index (κ2) is 9.50. The minimum atomic E-state index is -0.667. The molecule has 1 nitrogen and oxygen atoms in total. The van der Waals surface area contributed by atoms with Gasteiger partial charge in [0.25, 0.3) is 0 Å². The third kappa shape index (κ3) is 5.06. The maximum absolute atomic E-state index is 15.4. The lowest BCUT2D eigenvalue weighted by Crippen LogP contribution is -2.37. The van der Waals surface area contributed by atoms with Crippen LogP contribution in [0.5, 0.6) is 0 Å². The zero-order valence-electron chi connectivity index (χ0n) is 19.2. The molecule has 0 aromatic carbocycles. The fourth-order valence-corrected chi connectivity index (χ4v) is 6.68. The number of hydrogen-bond donors (Lipinski definition) is 1. The summed E-state index contributed by atoms with van der Waals surface area (Å²) in [5, 5.41) is 10.0. The van der Waals surface area contributed by atoms with Gasteiger partial charge >= 0.3 is 0 Å². The Bertz CT molecular complexity index is 645. The number of rotatable bonds is 6. The molecule has 0 bridgehead atoms. The van der Waals surface area contributed by atoms with Crippen LogP contribution < -0.4 is 0 Å². The molecule has 0 aromatic rings. The zero-order valence-corrected chi connectivity index (χ0v) is 19.2. The summed E-state index contributed by atoms with van der Waals surface area (Å²) in [5.74, 6) is 1.77. The Labute approximate surface area is 178 Å². The van der Waals surface area contributed by atoms with Crippen molar-refractivity contribution in [3.63, 3.8) is 0 Å². The van der Waals surface area contributed by atoms with Crippen molar-refractivity contribution in [2.24, 2.45) is 29.1 Å². The molecule has 3 saturated carbocycles. The summed E-state index contributed by atoms with van der Waals surface area (Å²) in [6, 6.07) is 0. The first-order valence-corrected chi connectivity index (χ1v) is 12.1. The Hall–Kier alpha value is -0.890. The first-order chi connectivity index (χ1) is 13.7. The minimum absolute atomic E-state index is 0.0995. The van der Waals surface area contributed by atoms with E-state index in [-0.39, 0.29) is 17.4 Å².